The Morgan fingerprint density at radius 1 is 1.07 bits per heavy atom. The molecule has 2 aromatic carbocycles. The van der Waals surface area contributed by atoms with Gasteiger partial charge in [0.1, 0.15) is 5.76 Å². The van der Waals surface area contributed by atoms with Gasteiger partial charge in [-0.1, -0.05) is 49.7 Å². The van der Waals surface area contributed by atoms with Gasteiger partial charge >= 0.3 is 0 Å². The van der Waals surface area contributed by atoms with Crippen LogP contribution in [0.2, 0.25) is 5.02 Å². The fraction of sp³-hybridized carbons (Fsp3) is 0.286. The van der Waals surface area contributed by atoms with Gasteiger partial charge in [-0.3, -0.25) is 4.79 Å². The topological polar surface area (TPSA) is 44.8 Å². The molecule has 4 nitrogen and oxygen atoms in total. The number of benzene rings is 2. The average Bonchev–Trinajstić information content (AvgIpc) is 2.99. The maximum atomic E-state index is 13.3. The van der Waals surface area contributed by atoms with Gasteiger partial charge in [0.2, 0.25) is 5.78 Å². The molecule has 0 saturated heterocycles. The third-order valence-corrected chi connectivity index (χ3v) is 5.64. The van der Waals surface area contributed by atoms with E-state index in [1.54, 1.807) is 12.1 Å². The summed E-state index contributed by atoms with van der Waals surface area (Å²) in [6.07, 6.45) is 1.21. The number of ether oxygens (including phenoxy) is 1. The van der Waals surface area contributed by atoms with Crippen LogP contribution in [0.5, 0.6) is 0 Å². The minimum Gasteiger partial charge on any atom is -0.478 e. The first-order valence-electron chi connectivity index (χ1n) is 8.76. The van der Waals surface area contributed by atoms with Crippen LogP contribution in [-0.2, 0) is 18.8 Å². The van der Waals surface area contributed by atoms with Crippen LogP contribution in [0.15, 0.2) is 53.4 Å². The van der Waals surface area contributed by atoms with Crippen molar-refractivity contribution in [3.05, 3.63) is 64.7 Å². The van der Waals surface area contributed by atoms with Gasteiger partial charge in [0.15, 0.2) is 5.60 Å². The van der Waals surface area contributed by atoms with Gasteiger partial charge in [0.25, 0.3) is 0 Å². The molecule has 1 heterocycles. The highest BCUT2D eigenvalue weighted by Crippen LogP contribution is 2.45. The number of Topliss-reactive ketones (excluding diaryl/α,β-unsaturated/α-hetero) is 1. The summed E-state index contributed by atoms with van der Waals surface area (Å²) in [5.41, 5.74) is 1.35. The number of ketones is 1. The van der Waals surface area contributed by atoms with Crippen LogP contribution in [0.1, 0.15) is 37.8 Å². The SMILES string of the molecule is CCC1(CC)OC(c2ccc(SOOC)cc2)=C(c2cccc(Cl)c2)C1=O. The van der Waals surface area contributed by atoms with Gasteiger partial charge < -0.3 is 4.74 Å². The highest BCUT2D eigenvalue weighted by molar-refractivity contribution is 7.94. The number of hydrogen-bond acceptors (Lipinski definition) is 5. The first-order chi connectivity index (χ1) is 13.0. The molecule has 0 spiro atoms. The van der Waals surface area contributed by atoms with Crippen molar-refractivity contribution in [2.45, 2.75) is 37.2 Å². The van der Waals surface area contributed by atoms with E-state index < -0.39 is 5.60 Å². The summed E-state index contributed by atoms with van der Waals surface area (Å²) in [5, 5.41) is 0.584. The van der Waals surface area contributed by atoms with Crippen molar-refractivity contribution in [3.63, 3.8) is 0 Å². The Morgan fingerprint density at radius 3 is 2.37 bits per heavy atom. The standard InChI is InChI=1S/C21H21ClO4S/c1-4-21(5-2)20(23)18(15-7-6-8-16(22)13-15)19(25-21)14-9-11-17(12-10-14)27-26-24-3/h6-13H,4-5H2,1-3H3. The maximum absolute atomic E-state index is 13.3. The van der Waals surface area contributed by atoms with E-state index in [1.165, 1.54) is 7.11 Å². The Bertz CT molecular complexity index is 857. The van der Waals surface area contributed by atoms with Gasteiger partial charge in [-0.25, -0.2) is 4.89 Å². The molecule has 0 aliphatic carbocycles. The van der Waals surface area contributed by atoms with E-state index in [0.717, 1.165) is 28.1 Å². The third kappa shape index (κ3) is 3.92. The molecule has 0 atom stereocenters. The van der Waals surface area contributed by atoms with Crippen molar-refractivity contribution in [1.29, 1.82) is 0 Å². The molecule has 0 amide bonds. The Balaban J connectivity index is 2.08. The summed E-state index contributed by atoms with van der Waals surface area (Å²) in [6.45, 7) is 3.95. The van der Waals surface area contributed by atoms with E-state index in [-0.39, 0.29) is 5.78 Å². The van der Waals surface area contributed by atoms with Crippen LogP contribution in [-0.4, -0.2) is 18.5 Å². The van der Waals surface area contributed by atoms with E-state index >= 15 is 0 Å². The fourth-order valence-electron chi connectivity index (χ4n) is 3.18. The lowest BCUT2D eigenvalue weighted by molar-refractivity contribution is -0.160. The molecular formula is C21H21ClO4S. The zero-order valence-corrected chi connectivity index (χ0v) is 17.0. The van der Waals surface area contributed by atoms with Crippen LogP contribution in [0.3, 0.4) is 0 Å². The van der Waals surface area contributed by atoms with Crippen molar-refractivity contribution >= 4 is 40.8 Å². The second-order valence-corrected chi connectivity index (χ2v) is 7.40. The molecule has 0 unspecified atom stereocenters. The van der Waals surface area contributed by atoms with Crippen LogP contribution >= 0.6 is 23.6 Å². The van der Waals surface area contributed by atoms with E-state index in [0.29, 0.717) is 29.2 Å². The molecule has 0 N–H and O–H groups in total. The lowest BCUT2D eigenvalue weighted by Gasteiger charge is -2.25. The molecule has 0 radical (unpaired) electrons. The molecular weight excluding hydrogens is 384 g/mol. The summed E-state index contributed by atoms with van der Waals surface area (Å²) in [6, 6.07) is 14.9. The molecule has 3 rings (SSSR count). The Labute approximate surface area is 168 Å². The largest absolute Gasteiger partial charge is 0.478 e. The van der Waals surface area contributed by atoms with E-state index in [9.17, 15) is 4.79 Å². The fourth-order valence-corrected chi connectivity index (χ4v) is 3.77. The Morgan fingerprint density at radius 2 is 1.78 bits per heavy atom. The zero-order valence-electron chi connectivity index (χ0n) is 15.5. The van der Waals surface area contributed by atoms with Crippen molar-refractivity contribution in [1.82, 2.24) is 0 Å². The van der Waals surface area contributed by atoms with Crippen LogP contribution in [0.4, 0.5) is 0 Å². The molecule has 0 saturated carbocycles. The molecule has 142 valence electrons. The summed E-state index contributed by atoms with van der Waals surface area (Å²) >= 11 is 7.29. The first kappa shape index (κ1) is 20.0. The predicted molar refractivity (Wildman–Crippen MR) is 108 cm³/mol. The normalized spacial score (nSPS) is 15.9. The molecule has 2 aromatic rings. The minimum absolute atomic E-state index is 0.00549. The number of carbonyl (C=O) groups excluding carboxylic acids is 1. The number of carbonyl (C=O) groups is 1. The molecule has 27 heavy (non-hydrogen) atoms. The molecule has 0 bridgehead atoms. The van der Waals surface area contributed by atoms with Gasteiger partial charge in [-0.05, 0) is 42.7 Å². The van der Waals surface area contributed by atoms with Crippen LogP contribution < -0.4 is 0 Å². The minimum atomic E-state index is -0.834. The van der Waals surface area contributed by atoms with Crippen LogP contribution in [0, 0.1) is 0 Å². The monoisotopic (exact) mass is 404 g/mol. The van der Waals surface area contributed by atoms with E-state index in [1.807, 2.05) is 50.2 Å². The second kappa shape index (κ2) is 8.48. The number of hydrogen-bond donors (Lipinski definition) is 0. The lowest BCUT2D eigenvalue weighted by Crippen LogP contribution is -2.35. The van der Waals surface area contributed by atoms with Gasteiger partial charge in [-0.15, -0.1) is 0 Å². The summed E-state index contributed by atoms with van der Waals surface area (Å²) in [5.74, 6) is 0.598. The number of halogens is 1. The highest BCUT2D eigenvalue weighted by atomic mass is 35.5. The average molecular weight is 405 g/mol. The van der Waals surface area contributed by atoms with Gasteiger partial charge in [-0.2, -0.15) is 4.33 Å². The molecule has 6 heteroatoms. The van der Waals surface area contributed by atoms with Crippen LogP contribution in [0.25, 0.3) is 11.3 Å². The van der Waals surface area contributed by atoms with Crippen molar-refractivity contribution in [2.24, 2.45) is 0 Å². The van der Waals surface area contributed by atoms with E-state index in [2.05, 4.69) is 4.89 Å². The lowest BCUT2D eigenvalue weighted by atomic mass is 9.87. The van der Waals surface area contributed by atoms with Crippen molar-refractivity contribution < 1.29 is 18.8 Å². The summed E-state index contributed by atoms with van der Waals surface area (Å²) < 4.78 is 11.2. The molecule has 0 fully saturated rings. The molecule has 1 aliphatic heterocycles. The predicted octanol–water partition coefficient (Wildman–Crippen LogP) is 5.95. The highest BCUT2D eigenvalue weighted by Gasteiger charge is 2.47. The second-order valence-electron chi connectivity index (χ2n) is 6.19. The molecule has 1 aliphatic rings. The summed E-state index contributed by atoms with van der Waals surface area (Å²) in [4.78, 5) is 18.8. The van der Waals surface area contributed by atoms with Crippen molar-refractivity contribution in [2.75, 3.05) is 7.11 Å². The first-order valence-corrected chi connectivity index (χ1v) is 9.88. The number of rotatable bonds is 7. The zero-order chi connectivity index (χ0) is 19.4. The molecule has 0 aromatic heterocycles. The van der Waals surface area contributed by atoms with Gasteiger partial charge in [0.05, 0.1) is 24.7 Å². The van der Waals surface area contributed by atoms with Gasteiger partial charge in [0, 0.05) is 15.5 Å². The van der Waals surface area contributed by atoms with E-state index in [4.69, 9.17) is 20.7 Å². The Hall–Kier alpha value is -1.79. The smallest absolute Gasteiger partial charge is 0.210 e. The third-order valence-electron chi connectivity index (χ3n) is 4.74. The van der Waals surface area contributed by atoms with Crippen molar-refractivity contribution in [3.8, 4) is 0 Å². The Kier molecular flexibility index (Phi) is 6.27. The quantitative estimate of drug-likeness (QED) is 0.324. The maximum Gasteiger partial charge on any atom is 0.210 e. The summed E-state index contributed by atoms with van der Waals surface area (Å²) in [7, 11) is 1.45.